The molecule has 18 heavy (non-hydrogen) atoms. The van der Waals surface area contributed by atoms with Crippen LogP contribution in [0.15, 0.2) is 42.5 Å². The molecule has 4 heteroatoms. The number of rotatable bonds is 3. The number of hydrogen-bond acceptors (Lipinski definition) is 2. The van der Waals surface area contributed by atoms with Crippen molar-refractivity contribution >= 4 is 40.2 Å². The average molecular weight is 277 g/mol. The van der Waals surface area contributed by atoms with Crippen LogP contribution in [0.2, 0.25) is 5.02 Å². The smallest absolute Gasteiger partial charge is 0.106 e. The van der Waals surface area contributed by atoms with Gasteiger partial charge in [-0.15, -0.1) is 0 Å². The van der Waals surface area contributed by atoms with Crippen LogP contribution in [0.3, 0.4) is 0 Å². The fourth-order valence-corrected chi connectivity index (χ4v) is 1.97. The Labute approximate surface area is 117 Å². The van der Waals surface area contributed by atoms with Gasteiger partial charge in [0.15, 0.2) is 0 Å². The molecule has 2 aromatic rings. The molecule has 0 saturated heterocycles. The summed E-state index contributed by atoms with van der Waals surface area (Å²) in [6, 6.07) is 13.4. The van der Waals surface area contributed by atoms with E-state index in [2.05, 4.69) is 5.32 Å². The summed E-state index contributed by atoms with van der Waals surface area (Å²) in [4.78, 5) is 0.381. The molecule has 2 rings (SSSR count). The Morgan fingerprint density at radius 1 is 1.17 bits per heavy atom. The Bertz CT molecular complexity index is 579. The van der Waals surface area contributed by atoms with E-state index in [0.717, 1.165) is 22.5 Å². The van der Waals surface area contributed by atoms with Gasteiger partial charge in [-0.25, -0.2) is 0 Å². The first-order valence-electron chi connectivity index (χ1n) is 5.49. The lowest BCUT2D eigenvalue weighted by molar-refractivity contribution is 1.43. The molecular weight excluding hydrogens is 264 g/mol. The molecule has 0 radical (unpaired) electrons. The van der Waals surface area contributed by atoms with Crippen LogP contribution in [0.4, 0.5) is 11.4 Å². The number of anilines is 2. The summed E-state index contributed by atoms with van der Waals surface area (Å²) >= 11 is 10.9. The number of halogens is 1. The second-order valence-corrected chi connectivity index (χ2v) is 4.92. The first-order valence-corrected chi connectivity index (χ1v) is 6.28. The summed E-state index contributed by atoms with van der Waals surface area (Å²) in [6.07, 6.45) is 0. The highest BCUT2D eigenvalue weighted by Crippen LogP contribution is 2.23. The van der Waals surface area contributed by atoms with E-state index in [1.54, 1.807) is 0 Å². The number of hydrogen-bond donors (Lipinski definition) is 2. The van der Waals surface area contributed by atoms with Gasteiger partial charge < -0.3 is 11.1 Å². The van der Waals surface area contributed by atoms with Crippen molar-refractivity contribution in [2.24, 2.45) is 5.73 Å². The molecule has 92 valence electrons. The third-order valence-corrected chi connectivity index (χ3v) is 3.04. The van der Waals surface area contributed by atoms with Crippen molar-refractivity contribution in [3.63, 3.8) is 0 Å². The largest absolute Gasteiger partial charge is 0.389 e. The maximum atomic E-state index is 5.85. The molecule has 0 saturated carbocycles. The second kappa shape index (κ2) is 5.38. The van der Waals surface area contributed by atoms with Gasteiger partial charge in [-0.2, -0.15) is 0 Å². The number of benzene rings is 2. The molecule has 0 spiro atoms. The van der Waals surface area contributed by atoms with Crippen molar-refractivity contribution in [1.29, 1.82) is 0 Å². The zero-order valence-electron chi connectivity index (χ0n) is 9.91. The van der Waals surface area contributed by atoms with Crippen LogP contribution in [-0.2, 0) is 0 Å². The van der Waals surface area contributed by atoms with Crippen LogP contribution in [0.1, 0.15) is 11.1 Å². The van der Waals surface area contributed by atoms with Crippen molar-refractivity contribution in [2.45, 2.75) is 6.92 Å². The van der Waals surface area contributed by atoms with E-state index in [9.17, 15) is 0 Å². The van der Waals surface area contributed by atoms with Crippen LogP contribution in [0.25, 0.3) is 0 Å². The quantitative estimate of drug-likeness (QED) is 0.832. The molecule has 0 fully saturated rings. The molecule has 0 atom stereocenters. The molecule has 2 nitrogen and oxygen atoms in total. The first-order chi connectivity index (χ1) is 8.56. The zero-order valence-corrected chi connectivity index (χ0v) is 11.5. The minimum absolute atomic E-state index is 0.381. The monoisotopic (exact) mass is 276 g/mol. The number of nitrogens with two attached hydrogens (primary N) is 1. The summed E-state index contributed by atoms with van der Waals surface area (Å²) in [5.41, 5.74) is 9.55. The van der Waals surface area contributed by atoms with E-state index < -0.39 is 0 Å². The molecule has 0 aliphatic rings. The van der Waals surface area contributed by atoms with Crippen LogP contribution in [-0.4, -0.2) is 4.99 Å². The highest BCUT2D eigenvalue weighted by molar-refractivity contribution is 7.80. The van der Waals surface area contributed by atoms with Gasteiger partial charge in [-0.1, -0.05) is 29.9 Å². The van der Waals surface area contributed by atoms with Crippen LogP contribution in [0, 0.1) is 6.92 Å². The zero-order chi connectivity index (χ0) is 13.1. The lowest BCUT2D eigenvalue weighted by Gasteiger charge is -2.12. The third-order valence-electron chi connectivity index (χ3n) is 2.56. The van der Waals surface area contributed by atoms with Crippen LogP contribution in [0.5, 0.6) is 0 Å². The predicted molar refractivity (Wildman–Crippen MR) is 81.8 cm³/mol. The topological polar surface area (TPSA) is 38.0 Å². The second-order valence-electron chi connectivity index (χ2n) is 4.05. The van der Waals surface area contributed by atoms with Gasteiger partial charge in [0.05, 0.1) is 0 Å². The highest BCUT2D eigenvalue weighted by Gasteiger charge is 2.05. The SMILES string of the molecule is Cc1ccc(C(N)=S)c(Nc2ccc(Cl)cc2)c1. The van der Waals surface area contributed by atoms with Gasteiger partial charge in [0.2, 0.25) is 0 Å². The van der Waals surface area contributed by atoms with E-state index in [1.165, 1.54) is 0 Å². The predicted octanol–water partition coefficient (Wildman–Crippen LogP) is 4.03. The van der Waals surface area contributed by atoms with Crippen LogP contribution < -0.4 is 11.1 Å². The highest BCUT2D eigenvalue weighted by atomic mass is 35.5. The first kappa shape index (κ1) is 12.9. The standard InChI is InChI=1S/C14H13ClN2S/c1-9-2-7-12(14(16)18)13(8-9)17-11-5-3-10(15)4-6-11/h2-8,17H,1H3,(H2,16,18). The van der Waals surface area contributed by atoms with E-state index in [0.29, 0.717) is 10.0 Å². The summed E-state index contributed by atoms with van der Waals surface area (Å²) in [5.74, 6) is 0. The molecule has 0 aromatic heterocycles. The fraction of sp³-hybridized carbons (Fsp3) is 0.0714. The Kier molecular flexibility index (Phi) is 3.84. The third kappa shape index (κ3) is 3.00. The fourth-order valence-electron chi connectivity index (χ4n) is 1.67. The lowest BCUT2D eigenvalue weighted by atomic mass is 10.1. The van der Waals surface area contributed by atoms with E-state index in [1.807, 2.05) is 49.4 Å². The molecule has 0 amide bonds. The maximum Gasteiger partial charge on any atom is 0.106 e. The Hall–Kier alpha value is -1.58. The maximum absolute atomic E-state index is 5.85. The van der Waals surface area contributed by atoms with Gasteiger partial charge in [-0.05, 0) is 48.9 Å². The normalized spacial score (nSPS) is 10.1. The van der Waals surface area contributed by atoms with Crippen molar-refractivity contribution < 1.29 is 0 Å². The Morgan fingerprint density at radius 3 is 2.44 bits per heavy atom. The molecule has 0 unspecified atom stereocenters. The Morgan fingerprint density at radius 2 is 1.83 bits per heavy atom. The van der Waals surface area contributed by atoms with E-state index >= 15 is 0 Å². The summed E-state index contributed by atoms with van der Waals surface area (Å²) in [7, 11) is 0. The van der Waals surface area contributed by atoms with Crippen LogP contribution >= 0.6 is 23.8 Å². The van der Waals surface area contributed by atoms with Gasteiger partial charge in [0.1, 0.15) is 4.99 Å². The average Bonchev–Trinajstić information content (AvgIpc) is 2.32. The molecule has 0 heterocycles. The lowest BCUT2D eigenvalue weighted by Crippen LogP contribution is -2.12. The number of thiocarbonyl (C=S) groups is 1. The molecule has 2 aromatic carbocycles. The number of nitrogens with one attached hydrogen (secondary N) is 1. The van der Waals surface area contributed by atoms with Crippen molar-refractivity contribution in [2.75, 3.05) is 5.32 Å². The van der Waals surface area contributed by atoms with Gasteiger partial charge >= 0.3 is 0 Å². The molecule has 0 aliphatic heterocycles. The molecule has 0 bridgehead atoms. The minimum atomic E-state index is 0.381. The summed E-state index contributed by atoms with van der Waals surface area (Å²) < 4.78 is 0. The molecular formula is C14H13ClN2S. The van der Waals surface area contributed by atoms with E-state index in [4.69, 9.17) is 29.6 Å². The summed E-state index contributed by atoms with van der Waals surface area (Å²) in [5, 5.41) is 4.00. The van der Waals surface area contributed by atoms with E-state index in [-0.39, 0.29) is 0 Å². The van der Waals surface area contributed by atoms with Crippen molar-refractivity contribution in [3.8, 4) is 0 Å². The minimum Gasteiger partial charge on any atom is -0.389 e. The summed E-state index contributed by atoms with van der Waals surface area (Å²) in [6.45, 7) is 2.02. The Balaban J connectivity index is 2.35. The van der Waals surface area contributed by atoms with Crippen molar-refractivity contribution in [3.05, 3.63) is 58.6 Å². The van der Waals surface area contributed by atoms with Crippen molar-refractivity contribution in [1.82, 2.24) is 0 Å². The number of aryl methyl sites for hydroxylation is 1. The molecule has 0 aliphatic carbocycles. The molecule has 3 N–H and O–H groups in total. The van der Waals surface area contributed by atoms with Gasteiger partial charge in [0, 0.05) is 22.0 Å². The van der Waals surface area contributed by atoms with Gasteiger partial charge in [-0.3, -0.25) is 0 Å². The van der Waals surface area contributed by atoms with Gasteiger partial charge in [0.25, 0.3) is 0 Å².